The average Bonchev–Trinajstić information content (AvgIpc) is 2.49. The molecule has 0 aliphatic heterocycles. The standard InChI is InChI=1S/C7H8N4O3/c1-11-7(8-4-9-11)10-5(12)2-3-6(13)14/h2-4H,1H3,(H,13,14)(H,8,9,10,12)/b3-2-. The zero-order valence-electron chi connectivity index (χ0n) is 7.34. The van der Waals surface area contributed by atoms with Crippen LogP contribution in [0.5, 0.6) is 0 Å². The molecule has 0 spiro atoms. The van der Waals surface area contributed by atoms with Gasteiger partial charge >= 0.3 is 5.97 Å². The maximum Gasteiger partial charge on any atom is 0.328 e. The molecule has 0 saturated heterocycles. The Kier molecular flexibility index (Phi) is 2.95. The van der Waals surface area contributed by atoms with Crippen LogP contribution in [0.1, 0.15) is 0 Å². The number of aromatic nitrogens is 3. The van der Waals surface area contributed by atoms with E-state index in [1.54, 1.807) is 7.05 Å². The second kappa shape index (κ2) is 4.17. The molecule has 7 nitrogen and oxygen atoms in total. The van der Waals surface area contributed by atoms with E-state index in [-0.39, 0.29) is 5.95 Å². The molecule has 0 saturated carbocycles. The number of hydrogen-bond acceptors (Lipinski definition) is 4. The predicted molar refractivity (Wildman–Crippen MR) is 46.4 cm³/mol. The minimum Gasteiger partial charge on any atom is -0.478 e. The SMILES string of the molecule is Cn1ncnc1NC(=O)/C=C\C(=O)O. The Morgan fingerprint density at radius 1 is 1.57 bits per heavy atom. The van der Waals surface area contributed by atoms with E-state index in [1.165, 1.54) is 11.0 Å². The monoisotopic (exact) mass is 196 g/mol. The van der Waals surface area contributed by atoms with Crippen LogP contribution in [-0.2, 0) is 16.6 Å². The minimum atomic E-state index is -1.18. The summed E-state index contributed by atoms with van der Waals surface area (Å²) in [4.78, 5) is 24.8. The van der Waals surface area contributed by atoms with E-state index in [1.807, 2.05) is 0 Å². The topological polar surface area (TPSA) is 97.1 Å². The third-order valence-electron chi connectivity index (χ3n) is 1.32. The fraction of sp³-hybridized carbons (Fsp3) is 0.143. The summed E-state index contributed by atoms with van der Waals surface area (Å²) < 4.78 is 1.35. The van der Waals surface area contributed by atoms with Crippen molar-refractivity contribution in [2.75, 3.05) is 5.32 Å². The van der Waals surface area contributed by atoms with Gasteiger partial charge in [0.2, 0.25) is 5.95 Å². The van der Waals surface area contributed by atoms with Crippen molar-refractivity contribution in [3.63, 3.8) is 0 Å². The third-order valence-corrected chi connectivity index (χ3v) is 1.32. The fourth-order valence-corrected chi connectivity index (χ4v) is 0.708. The Morgan fingerprint density at radius 3 is 2.79 bits per heavy atom. The minimum absolute atomic E-state index is 0.255. The quantitative estimate of drug-likeness (QED) is 0.629. The summed E-state index contributed by atoms with van der Waals surface area (Å²) in [5, 5.41) is 14.3. The normalized spacial score (nSPS) is 10.4. The number of hydrogen-bond donors (Lipinski definition) is 2. The zero-order chi connectivity index (χ0) is 10.6. The van der Waals surface area contributed by atoms with Crippen LogP contribution < -0.4 is 5.32 Å². The van der Waals surface area contributed by atoms with Gasteiger partial charge in [-0.15, -0.1) is 0 Å². The number of carbonyl (C=O) groups is 2. The van der Waals surface area contributed by atoms with Crippen molar-refractivity contribution in [3.05, 3.63) is 18.5 Å². The van der Waals surface area contributed by atoms with E-state index >= 15 is 0 Å². The largest absolute Gasteiger partial charge is 0.478 e. The molecule has 7 heteroatoms. The number of aliphatic carboxylic acids is 1. The first kappa shape index (κ1) is 9.90. The van der Waals surface area contributed by atoms with Gasteiger partial charge in [-0.05, 0) is 0 Å². The molecule has 0 atom stereocenters. The van der Waals surface area contributed by atoms with Gasteiger partial charge in [-0.3, -0.25) is 10.1 Å². The van der Waals surface area contributed by atoms with Gasteiger partial charge in [0, 0.05) is 19.2 Å². The summed E-state index contributed by atoms with van der Waals surface area (Å²) in [5.41, 5.74) is 0. The molecule has 0 aliphatic rings. The van der Waals surface area contributed by atoms with Gasteiger partial charge in [-0.1, -0.05) is 0 Å². The molecule has 0 fully saturated rings. The lowest BCUT2D eigenvalue weighted by Gasteiger charge is -1.98. The molecule has 1 aromatic rings. The fourth-order valence-electron chi connectivity index (χ4n) is 0.708. The summed E-state index contributed by atoms with van der Waals surface area (Å²) in [7, 11) is 1.60. The van der Waals surface area contributed by atoms with Gasteiger partial charge in [0.25, 0.3) is 5.91 Å². The molecular formula is C7H8N4O3. The van der Waals surface area contributed by atoms with Crippen LogP contribution in [0.4, 0.5) is 5.95 Å². The van der Waals surface area contributed by atoms with Crippen LogP contribution in [0, 0.1) is 0 Å². The number of rotatable bonds is 3. The predicted octanol–water partition coefficient (Wildman–Crippen LogP) is -0.606. The van der Waals surface area contributed by atoms with E-state index < -0.39 is 11.9 Å². The van der Waals surface area contributed by atoms with Crippen LogP contribution >= 0.6 is 0 Å². The summed E-state index contributed by atoms with van der Waals surface area (Å²) in [5.74, 6) is -1.49. The highest BCUT2D eigenvalue weighted by atomic mass is 16.4. The van der Waals surface area contributed by atoms with Gasteiger partial charge < -0.3 is 5.11 Å². The highest BCUT2D eigenvalue weighted by Gasteiger charge is 2.02. The Labute approximate surface area is 79.1 Å². The number of nitrogens with one attached hydrogen (secondary N) is 1. The molecule has 1 heterocycles. The number of anilines is 1. The molecule has 0 radical (unpaired) electrons. The molecule has 0 aromatic carbocycles. The number of nitrogens with zero attached hydrogens (tertiary/aromatic N) is 3. The lowest BCUT2D eigenvalue weighted by atomic mass is 10.5. The maximum atomic E-state index is 11.0. The molecule has 1 rings (SSSR count). The van der Waals surface area contributed by atoms with E-state index in [2.05, 4.69) is 15.4 Å². The van der Waals surface area contributed by atoms with Crippen molar-refractivity contribution in [1.29, 1.82) is 0 Å². The Morgan fingerprint density at radius 2 is 2.29 bits per heavy atom. The smallest absolute Gasteiger partial charge is 0.328 e. The van der Waals surface area contributed by atoms with Gasteiger partial charge in [0.15, 0.2) is 0 Å². The van der Waals surface area contributed by atoms with E-state index in [0.29, 0.717) is 0 Å². The third kappa shape index (κ3) is 2.70. The molecule has 2 N–H and O–H groups in total. The molecule has 0 aliphatic carbocycles. The van der Waals surface area contributed by atoms with Gasteiger partial charge in [-0.25, -0.2) is 9.48 Å². The van der Waals surface area contributed by atoms with Crippen LogP contribution in [0.15, 0.2) is 18.5 Å². The summed E-state index contributed by atoms with van der Waals surface area (Å²) in [6.07, 6.45) is 2.92. The van der Waals surface area contributed by atoms with E-state index in [0.717, 1.165) is 12.2 Å². The Hall–Kier alpha value is -2.18. The van der Waals surface area contributed by atoms with Crippen LogP contribution in [0.25, 0.3) is 0 Å². The van der Waals surface area contributed by atoms with Gasteiger partial charge in [0.05, 0.1) is 0 Å². The van der Waals surface area contributed by atoms with Crippen LogP contribution in [0.3, 0.4) is 0 Å². The van der Waals surface area contributed by atoms with E-state index in [9.17, 15) is 9.59 Å². The van der Waals surface area contributed by atoms with Crippen molar-refractivity contribution >= 4 is 17.8 Å². The second-order valence-corrected chi connectivity index (χ2v) is 2.37. The summed E-state index contributed by atoms with van der Waals surface area (Å²) in [6, 6.07) is 0. The molecule has 1 amide bonds. The molecule has 74 valence electrons. The highest BCUT2D eigenvalue weighted by molar-refractivity contribution is 6.01. The first-order valence-corrected chi connectivity index (χ1v) is 3.65. The van der Waals surface area contributed by atoms with Crippen LogP contribution in [0.2, 0.25) is 0 Å². The van der Waals surface area contributed by atoms with Crippen molar-refractivity contribution < 1.29 is 14.7 Å². The first-order chi connectivity index (χ1) is 6.59. The van der Waals surface area contributed by atoms with Gasteiger partial charge in [0.1, 0.15) is 6.33 Å². The van der Waals surface area contributed by atoms with Crippen molar-refractivity contribution in [2.24, 2.45) is 7.05 Å². The lowest BCUT2D eigenvalue weighted by Crippen LogP contribution is -2.12. The zero-order valence-corrected chi connectivity index (χ0v) is 7.34. The molecule has 0 unspecified atom stereocenters. The van der Waals surface area contributed by atoms with Crippen molar-refractivity contribution in [1.82, 2.24) is 14.8 Å². The van der Waals surface area contributed by atoms with Crippen LogP contribution in [-0.4, -0.2) is 31.7 Å². The number of carbonyl (C=O) groups excluding carboxylic acids is 1. The Balaban J connectivity index is 2.58. The maximum absolute atomic E-state index is 11.0. The van der Waals surface area contributed by atoms with Gasteiger partial charge in [-0.2, -0.15) is 10.1 Å². The lowest BCUT2D eigenvalue weighted by molar-refractivity contribution is -0.131. The summed E-state index contributed by atoms with van der Waals surface area (Å²) >= 11 is 0. The molecule has 0 bridgehead atoms. The number of amides is 1. The molecule has 1 aromatic heterocycles. The first-order valence-electron chi connectivity index (χ1n) is 3.65. The molecule has 14 heavy (non-hydrogen) atoms. The average molecular weight is 196 g/mol. The molecular weight excluding hydrogens is 188 g/mol. The van der Waals surface area contributed by atoms with Crippen molar-refractivity contribution in [3.8, 4) is 0 Å². The van der Waals surface area contributed by atoms with E-state index in [4.69, 9.17) is 5.11 Å². The number of aryl methyl sites for hydroxylation is 1. The number of carboxylic acid groups (broad SMARTS) is 1. The van der Waals surface area contributed by atoms with Crippen molar-refractivity contribution in [2.45, 2.75) is 0 Å². The highest BCUT2D eigenvalue weighted by Crippen LogP contribution is 1.97. The second-order valence-electron chi connectivity index (χ2n) is 2.37. The summed E-state index contributed by atoms with van der Waals surface area (Å²) in [6.45, 7) is 0. The Bertz CT molecular complexity index is 382. The number of carboxylic acids is 1.